The minimum Gasteiger partial charge on any atom is -0.393 e. The van der Waals surface area contributed by atoms with Crippen molar-refractivity contribution in [2.45, 2.75) is 13.3 Å². The molecule has 0 spiro atoms. The summed E-state index contributed by atoms with van der Waals surface area (Å²) in [6.45, 7) is 6.03. The van der Waals surface area contributed by atoms with Crippen molar-refractivity contribution in [2.75, 3.05) is 49.7 Å². The van der Waals surface area contributed by atoms with E-state index in [1.165, 1.54) is 11.9 Å². The number of nitrogens with zero attached hydrogens (tertiary/aromatic N) is 4. The fourth-order valence-corrected chi connectivity index (χ4v) is 2.73. The first-order valence-electron chi connectivity index (χ1n) is 8.33. The van der Waals surface area contributed by atoms with Crippen LogP contribution in [0, 0.1) is 0 Å². The van der Waals surface area contributed by atoms with Gasteiger partial charge in [0.1, 0.15) is 12.0 Å². The van der Waals surface area contributed by atoms with Crippen LogP contribution in [-0.2, 0) is 6.42 Å². The summed E-state index contributed by atoms with van der Waals surface area (Å²) in [5.41, 5.74) is 12.4. The molecule has 0 radical (unpaired) electrons. The van der Waals surface area contributed by atoms with E-state index in [9.17, 15) is 0 Å². The highest BCUT2D eigenvalue weighted by Gasteiger charge is 2.16. The minimum atomic E-state index is 0.530. The molecule has 1 aliphatic heterocycles. The summed E-state index contributed by atoms with van der Waals surface area (Å²) >= 11 is 0. The van der Waals surface area contributed by atoms with Crippen molar-refractivity contribution in [3.63, 3.8) is 0 Å². The lowest BCUT2D eigenvalue weighted by Crippen LogP contribution is -2.47. The number of aromatic nitrogens is 2. The normalized spacial score (nSPS) is 16.1. The van der Waals surface area contributed by atoms with E-state index >= 15 is 0 Å². The Morgan fingerprint density at radius 3 is 2.54 bits per heavy atom. The Balaban J connectivity index is 1.76. The molecule has 1 aromatic carbocycles. The highest BCUT2D eigenvalue weighted by atomic mass is 15.5. The number of nitrogen functional groups attached to an aromatic ring is 1. The number of likely N-dealkylation sites (N-methyl/N-ethyl adjacent to an activating group) is 1. The number of piperazine rings is 1. The predicted octanol–water partition coefficient (Wildman–Crippen LogP) is 1.94. The number of aryl methyl sites for hydroxylation is 1. The molecule has 3 rings (SSSR count). The number of hydrogen-bond donors (Lipinski definition) is 3. The third kappa shape index (κ3) is 3.74. The third-order valence-electron chi connectivity index (χ3n) is 4.30. The second-order valence-electron chi connectivity index (χ2n) is 6.02. The van der Waals surface area contributed by atoms with E-state index in [1.54, 1.807) is 0 Å². The van der Waals surface area contributed by atoms with Crippen LogP contribution in [0.1, 0.15) is 12.5 Å². The second-order valence-corrected chi connectivity index (χ2v) is 6.02. The van der Waals surface area contributed by atoms with Crippen LogP contribution in [-0.4, -0.2) is 53.1 Å². The Bertz CT molecular complexity index is 680. The molecule has 7 heteroatoms. The molecule has 128 valence electrons. The van der Waals surface area contributed by atoms with Crippen LogP contribution in [0.5, 0.6) is 0 Å². The maximum absolute atomic E-state index is 6.28. The van der Waals surface area contributed by atoms with E-state index in [4.69, 9.17) is 5.73 Å². The molecule has 0 unspecified atom stereocenters. The number of para-hydroxylation sites is 1. The van der Waals surface area contributed by atoms with Crippen molar-refractivity contribution in [1.29, 1.82) is 0 Å². The zero-order valence-corrected chi connectivity index (χ0v) is 14.3. The lowest BCUT2D eigenvalue weighted by molar-refractivity contribution is 0.178. The molecule has 7 nitrogen and oxygen atoms in total. The highest BCUT2D eigenvalue weighted by molar-refractivity contribution is 5.78. The zero-order chi connectivity index (χ0) is 16.9. The molecular weight excluding hydrogens is 302 g/mol. The molecule has 2 heterocycles. The largest absolute Gasteiger partial charge is 0.393 e. The van der Waals surface area contributed by atoms with E-state index in [2.05, 4.69) is 50.7 Å². The van der Waals surface area contributed by atoms with E-state index in [1.807, 2.05) is 18.2 Å². The maximum atomic E-state index is 6.28. The Kier molecular flexibility index (Phi) is 5.12. The average molecular weight is 327 g/mol. The van der Waals surface area contributed by atoms with E-state index in [0.29, 0.717) is 17.3 Å². The third-order valence-corrected chi connectivity index (χ3v) is 4.30. The van der Waals surface area contributed by atoms with Crippen LogP contribution < -0.4 is 16.5 Å². The molecule has 1 aliphatic rings. The van der Waals surface area contributed by atoms with Crippen molar-refractivity contribution >= 4 is 23.0 Å². The number of hydrazine groups is 1. The van der Waals surface area contributed by atoms with Crippen LogP contribution in [0.25, 0.3) is 0 Å². The molecule has 4 N–H and O–H groups in total. The number of nitrogens with one attached hydrogen (secondary N) is 2. The van der Waals surface area contributed by atoms with Crippen molar-refractivity contribution in [1.82, 2.24) is 19.9 Å². The summed E-state index contributed by atoms with van der Waals surface area (Å²) in [7, 11) is 2.13. The van der Waals surface area contributed by atoms with E-state index in [0.717, 1.165) is 38.3 Å². The van der Waals surface area contributed by atoms with Gasteiger partial charge in [0.15, 0.2) is 11.6 Å². The molecular formula is C17H25N7. The van der Waals surface area contributed by atoms with Gasteiger partial charge in [-0.3, -0.25) is 0 Å². The molecule has 0 aliphatic carbocycles. The first kappa shape index (κ1) is 16.5. The second kappa shape index (κ2) is 7.46. The molecule has 0 amide bonds. The summed E-state index contributed by atoms with van der Waals surface area (Å²) in [4.78, 5) is 10.9. The van der Waals surface area contributed by atoms with Crippen molar-refractivity contribution in [3.05, 3.63) is 36.2 Å². The van der Waals surface area contributed by atoms with Crippen LogP contribution in [0.2, 0.25) is 0 Å². The number of anilines is 4. The molecule has 1 saturated heterocycles. The standard InChI is InChI=1S/C17H25N7/c1-3-13-6-4-5-7-14(13)21-16-15(18)17(20-12-19-16)22-24-10-8-23(2)9-11-24/h4-7,12H,3,8-11,18H2,1-2H3,(H2,19,20,21,22). The van der Waals surface area contributed by atoms with Gasteiger partial charge in [-0.15, -0.1) is 0 Å². The van der Waals surface area contributed by atoms with Crippen molar-refractivity contribution in [3.8, 4) is 0 Å². The Morgan fingerprint density at radius 1 is 1.08 bits per heavy atom. The van der Waals surface area contributed by atoms with Gasteiger partial charge in [0.25, 0.3) is 0 Å². The van der Waals surface area contributed by atoms with Gasteiger partial charge in [-0.2, -0.15) is 0 Å². The van der Waals surface area contributed by atoms with Gasteiger partial charge in [0.05, 0.1) is 0 Å². The van der Waals surface area contributed by atoms with Crippen LogP contribution >= 0.6 is 0 Å². The number of rotatable bonds is 5. The average Bonchev–Trinajstić information content (AvgIpc) is 2.61. The molecule has 2 aromatic rings. The Morgan fingerprint density at radius 2 is 1.79 bits per heavy atom. The zero-order valence-electron chi connectivity index (χ0n) is 14.3. The van der Waals surface area contributed by atoms with Crippen LogP contribution in [0.3, 0.4) is 0 Å². The molecule has 0 saturated carbocycles. The SMILES string of the molecule is CCc1ccccc1Nc1ncnc(NN2CCN(C)CC2)c1N. The monoisotopic (exact) mass is 327 g/mol. The maximum Gasteiger partial charge on any atom is 0.169 e. The lowest BCUT2D eigenvalue weighted by Gasteiger charge is -2.33. The molecule has 0 bridgehead atoms. The van der Waals surface area contributed by atoms with Gasteiger partial charge in [0, 0.05) is 31.9 Å². The number of benzene rings is 1. The lowest BCUT2D eigenvalue weighted by atomic mass is 10.1. The van der Waals surface area contributed by atoms with Gasteiger partial charge < -0.3 is 21.4 Å². The topological polar surface area (TPSA) is 82.3 Å². The quantitative estimate of drug-likeness (QED) is 0.774. The molecule has 0 atom stereocenters. The fourth-order valence-electron chi connectivity index (χ4n) is 2.73. The molecule has 1 aromatic heterocycles. The van der Waals surface area contributed by atoms with Gasteiger partial charge >= 0.3 is 0 Å². The Labute approximate surface area is 142 Å². The van der Waals surface area contributed by atoms with Gasteiger partial charge in [-0.05, 0) is 25.1 Å². The Hall–Kier alpha value is -2.38. The van der Waals surface area contributed by atoms with Crippen LogP contribution in [0.4, 0.5) is 23.0 Å². The fraction of sp³-hybridized carbons (Fsp3) is 0.412. The van der Waals surface area contributed by atoms with Gasteiger partial charge in [-0.1, -0.05) is 25.1 Å². The van der Waals surface area contributed by atoms with E-state index < -0.39 is 0 Å². The first-order chi connectivity index (χ1) is 11.7. The molecule has 1 fully saturated rings. The summed E-state index contributed by atoms with van der Waals surface area (Å²) < 4.78 is 0. The van der Waals surface area contributed by atoms with Crippen molar-refractivity contribution in [2.24, 2.45) is 0 Å². The summed E-state index contributed by atoms with van der Waals surface area (Å²) in [6.07, 6.45) is 2.48. The van der Waals surface area contributed by atoms with Gasteiger partial charge in [-0.25, -0.2) is 15.0 Å². The number of nitrogens with two attached hydrogens (primary N) is 1. The first-order valence-corrected chi connectivity index (χ1v) is 8.33. The smallest absolute Gasteiger partial charge is 0.169 e. The summed E-state index contributed by atoms with van der Waals surface area (Å²) in [5, 5.41) is 5.47. The van der Waals surface area contributed by atoms with Crippen molar-refractivity contribution < 1.29 is 0 Å². The van der Waals surface area contributed by atoms with E-state index in [-0.39, 0.29) is 0 Å². The highest BCUT2D eigenvalue weighted by Crippen LogP contribution is 2.27. The predicted molar refractivity (Wildman–Crippen MR) is 98.2 cm³/mol. The summed E-state index contributed by atoms with van der Waals surface area (Å²) in [5.74, 6) is 1.27. The number of hydrogen-bond acceptors (Lipinski definition) is 7. The summed E-state index contributed by atoms with van der Waals surface area (Å²) in [6, 6.07) is 8.17. The van der Waals surface area contributed by atoms with Gasteiger partial charge in [0.2, 0.25) is 0 Å². The van der Waals surface area contributed by atoms with Crippen LogP contribution in [0.15, 0.2) is 30.6 Å². The minimum absolute atomic E-state index is 0.530. The molecule has 24 heavy (non-hydrogen) atoms.